The second-order valence-electron chi connectivity index (χ2n) is 4.71. The molecule has 20 heavy (non-hydrogen) atoms. The number of hydrogen-bond donors (Lipinski definition) is 1. The van der Waals surface area contributed by atoms with Crippen molar-refractivity contribution in [3.05, 3.63) is 59.7 Å². The molecule has 0 aliphatic carbocycles. The zero-order valence-electron chi connectivity index (χ0n) is 11.3. The Hall–Kier alpha value is -2.20. The first-order chi connectivity index (χ1) is 9.74. The molecule has 0 aliphatic heterocycles. The molecule has 4 heteroatoms. The van der Waals surface area contributed by atoms with Gasteiger partial charge in [-0.25, -0.2) is 9.37 Å². The Morgan fingerprint density at radius 1 is 1.20 bits per heavy atom. The van der Waals surface area contributed by atoms with Gasteiger partial charge in [-0.05, 0) is 24.1 Å². The highest BCUT2D eigenvalue weighted by Gasteiger charge is 2.14. The van der Waals surface area contributed by atoms with Gasteiger partial charge in [0.2, 0.25) is 0 Å². The van der Waals surface area contributed by atoms with E-state index in [1.54, 1.807) is 16.7 Å². The lowest BCUT2D eigenvalue weighted by Crippen LogP contribution is -2.02. The fourth-order valence-corrected chi connectivity index (χ4v) is 2.41. The van der Waals surface area contributed by atoms with Gasteiger partial charge in [0.1, 0.15) is 0 Å². The molecule has 0 aliphatic rings. The van der Waals surface area contributed by atoms with Crippen molar-refractivity contribution < 1.29 is 4.39 Å². The minimum Gasteiger partial charge on any atom is -0.325 e. The van der Waals surface area contributed by atoms with Crippen molar-refractivity contribution in [2.24, 2.45) is 5.73 Å². The molecule has 0 atom stereocenters. The molecule has 3 rings (SSSR count). The van der Waals surface area contributed by atoms with Crippen LogP contribution in [-0.2, 0) is 13.0 Å². The first-order valence-corrected chi connectivity index (χ1v) is 6.69. The molecule has 1 aromatic carbocycles. The van der Waals surface area contributed by atoms with E-state index in [0.717, 1.165) is 23.4 Å². The van der Waals surface area contributed by atoms with Crippen molar-refractivity contribution in [3.63, 3.8) is 0 Å². The largest absolute Gasteiger partial charge is 0.325 e. The summed E-state index contributed by atoms with van der Waals surface area (Å²) in [6, 6.07) is 11.2. The van der Waals surface area contributed by atoms with Crippen LogP contribution >= 0.6 is 0 Å². The number of fused-ring (bicyclic) bond motifs is 1. The molecular formula is C16H16FN3. The highest BCUT2D eigenvalue weighted by atomic mass is 19.1. The van der Waals surface area contributed by atoms with Crippen LogP contribution in [0.4, 0.5) is 4.39 Å². The maximum absolute atomic E-state index is 13.8. The average Bonchev–Trinajstić information content (AvgIpc) is 2.87. The maximum Gasteiger partial charge on any atom is 0.174 e. The van der Waals surface area contributed by atoms with E-state index in [1.807, 2.05) is 12.1 Å². The SMILES string of the molecule is CCc1ccc(-c2nc3c(F)cccn3c2CN)cc1. The topological polar surface area (TPSA) is 43.3 Å². The van der Waals surface area contributed by atoms with E-state index in [9.17, 15) is 4.39 Å². The van der Waals surface area contributed by atoms with E-state index >= 15 is 0 Å². The van der Waals surface area contributed by atoms with E-state index in [0.29, 0.717) is 12.2 Å². The monoisotopic (exact) mass is 269 g/mol. The van der Waals surface area contributed by atoms with Gasteiger partial charge in [0.25, 0.3) is 0 Å². The molecule has 2 heterocycles. The Morgan fingerprint density at radius 2 is 1.95 bits per heavy atom. The predicted molar refractivity (Wildman–Crippen MR) is 77.9 cm³/mol. The van der Waals surface area contributed by atoms with Crippen LogP contribution in [0.15, 0.2) is 42.6 Å². The second-order valence-corrected chi connectivity index (χ2v) is 4.71. The Balaban J connectivity index is 2.21. The summed E-state index contributed by atoms with van der Waals surface area (Å²) in [5.74, 6) is -0.335. The van der Waals surface area contributed by atoms with Crippen molar-refractivity contribution >= 4 is 5.65 Å². The molecule has 0 saturated heterocycles. The summed E-state index contributed by atoms with van der Waals surface area (Å²) >= 11 is 0. The number of pyridine rings is 1. The number of nitrogens with two attached hydrogens (primary N) is 1. The standard InChI is InChI=1S/C16H16FN3/c1-2-11-5-7-12(8-6-11)15-14(10-18)20-9-3-4-13(17)16(20)19-15/h3-9H,2,10,18H2,1H3. The van der Waals surface area contributed by atoms with Gasteiger partial charge in [0.15, 0.2) is 11.5 Å². The van der Waals surface area contributed by atoms with Crippen LogP contribution in [0.25, 0.3) is 16.9 Å². The fraction of sp³-hybridized carbons (Fsp3) is 0.188. The van der Waals surface area contributed by atoms with Crippen LogP contribution < -0.4 is 5.73 Å². The summed E-state index contributed by atoms with van der Waals surface area (Å²) in [4.78, 5) is 4.42. The minimum atomic E-state index is -0.335. The molecule has 2 aromatic heterocycles. The van der Waals surface area contributed by atoms with E-state index in [-0.39, 0.29) is 5.82 Å². The van der Waals surface area contributed by atoms with E-state index in [2.05, 4.69) is 24.0 Å². The van der Waals surface area contributed by atoms with Crippen molar-refractivity contribution in [2.45, 2.75) is 19.9 Å². The smallest absolute Gasteiger partial charge is 0.174 e. The van der Waals surface area contributed by atoms with Crippen molar-refractivity contribution in [3.8, 4) is 11.3 Å². The highest BCUT2D eigenvalue weighted by molar-refractivity contribution is 5.67. The molecule has 0 unspecified atom stereocenters. The van der Waals surface area contributed by atoms with Crippen molar-refractivity contribution in [1.29, 1.82) is 0 Å². The third-order valence-corrected chi connectivity index (χ3v) is 3.53. The third kappa shape index (κ3) is 1.98. The molecule has 2 N–H and O–H groups in total. The zero-order valence-corrected chi connectivity index (χ0v) is 11.3. The summed E-state index contributed by atoms with van der Waals surface area (Å²) in [5.41, 5.74) is 9.94. The lowest BCUT2D eigenvalue weighted by atomic mass is 10.1. The Morgan fingerprint density at radius 3 is 2.60 bits per heavy atom. The maximum atomic E-state index is 13.8. The summed E-state index contributed by atoms with van der Waals surface area (Å²) < 4.78 is 15.5. The Bertz CT molecular complexity index is 744. The number of nitrogens with zero attached hydrogens (tertiary/aromatic N) is 2. The second kappa shape index (κ2) is 5.06. The normalized spacial score (nSPS) is 11.2. The molecule has 0 spiro atoms. The quantitative estimate of drug-likeness (QED) is 0.793. The highest BCUT2D eigenvalue weighted by Crippen LogP contribution is 2.25. The van der Waals surface area contributed by atoms with Gasteiger partial charge >= 0.3 is 0 Å². The van der Waals surface area contributed by atoms with Gasteiger partial charge in [-0.3, -0.25) is 4.40 Å². The van der Waals surface area contributed by atoms with E-state index < -0.39 is 0 Å². The van der Waals surface area contributed by atoms with Crippen LogP contribution in [0.2, 0.25) is 0 Å². The van der Waals surface area contributed by atoms with E-state index in [1.165, 1.54) is 11.6 Å². The average molecular weight is 269 g/mol. The number of imidazole rings is 1. The molecule has 0 radical (unpaired) electrons. The van der Waals surface area contributed by atoms with Gasteiger partial charge in [-0.1, -0.05) is 31.2 Å². The van der Waals surface area contributed by atoms with Crippen LogP contribution in [-0.4, -0.2) is 9.38 Å². The first kappa shape index (κ1) is 12.8. The minimum absolute atomic E-state index is 0.315. The fourth-order valence-electron chi connectivity index (χ4n) is 2.41. The molecule has 3 aromatic rings. The van der Waals surface area contributed by atoms with Gasteiger partial charge in [-0.2, -0.15) is 0 Å². The van der Waals surface area contributed by atoms with Gasteiger partial charge in [0, 0.05) is 18.3 Å². The molecule has 102 valence electrons. The predicted octanol–water partition coefficient (Wildman–Crippen LogP) is 3.16. The Kier molecular flexibility index (Phi) is 3.24. The number of rotatable bonds is 3. The van der Waals surface area contributed by atoms with Crippen molar-refractivity contribution in [1.82, 2.24) is 9.38 Å². The van der Waals surface area contributed by atoms with E-state index in [4.69, 9.17) is 5.73 Å². The molecule has 0 saturated carbocycles. The van der Waals surface area contributed by atoms with Crippen molar-refractivity contribution in [2.75, 3.05) is 0 Å². The van der Waals surface area contributed by atoms with Gasteiger partial charge < -0.3 is 5.73 Å². The summed E-state index contributed by atoms with van der Waals surface area (Å²) in [6.45, 7) is 2.43. The first-order valence-electron chi connectivity index (χ1n) is 6.69. The number of benzene rings is 1. The summed E-state index contributed by atoms with van der Waals surface area (Å²) in [7, 11) is 0. The van der Waals surface area contributed by atoms with Crippen LogP contribution in [0.3, 0.4) is 0 Å². The number of aryl methyl sites for hydroxylation is 1. The number of aromatic nitrogens is 2. The summed E-state index contributed by atoms with van der Waals surface area (Å²) in [6.07, 6.45) is 2.78. The zero-order chi connectivity index (χ0) is 14.1. The van der Waals surface area contributed by atoms with Crippen LogP contribution in [0.1, 0.15) is 18.2 Å². The molecule has 0 fully saturated rings. The molecule has 3 nitrogen and oxygen atoms in total. The Labute approximate surface area is 116 Å². The number of hydrogen-bond acceptors (Lipinski definition) is 2. The van der Waals surface area contributed by atoms with Crippen LogP contribution in [0, 0.1) is 5.82 Å². The lowest BCUT2D eigenvalue weighted by molar-refractivity contribution is 0.629. The van der Waals surface area contributed by atoms with Gasteiger partial charge in [-0.15, -0.1) is 0 Å². The molecule has 0 amide bonds. The third-order valence-electron chi connectivity index (χ3n) is 3.53. The number of halogens is 1. The van der Waals surface area contributed by atoms with Gasteiger partial charge in [0.05, 0.1) is 11.4 Å². The molecule has 0 bridgehead atoms. The lowest BCUT2D eigenvalue weighted by Gasteiger charge is -2.03. The summed E-state index contributed by atoms with van der Waals surface area (Å²) in [5, 5.41) is 0. The van der Waals surface area contributed by atoms with Crippen LogP contribution in [0.5, 0.6) is 0 Å². The molecular weight excluding hydrogens is 253 g/mol.